The highest BCUT2D eigenvalue weighted by Gasteiger charge is 2.29. The Kier molecular flexibility index (Phi) is 5.87. The van der Waals surface area contributed by atoms with Gasteiger partial charge in [0.25, 0.3) is 0 Å². The van der Waals surface area contributed by atoms with Crippen LogP contribution in [0.25, 0.3) is 16.7 Å². The molecule has 2 aromatic rings. The molecule has 2 rings (SSSR count). The lowest BCUT2D eigenvalue weighted by Crippen LogP contribution is -2.13. The van der Waals surface area contributed by atoms with Gasteiger partial charge in [0.1, 0.15) is 0 Å². The molecule has 2 aromatic carbocycles. The summed E-state index contributed by atoms with van der Waals surface area (Å²) in [5.74, 6) is 0. The van der Waals surface area contributed by atoms with E-state index in [0.717, 1.165) is 41.5 Å². The summed E-state index contributed by atoms with van der Waals surface area (Å²) < 4.78 is 39.2. The molecule has 128 valence electrons. The Labute approximate surface area is 142 Å². The molecule has 0 fully saturated rings. The van der Waals surface area contributed by atoms with Gasteiger partial charge < -0.3 is 0 Å². The van der Waals surface area contributed by atoms with Crippen LogP contribution < -0.4 is 0 Å². The molecule has 0 N–H and O–H groups in total. The number of benzene rings is 2. The number of alkyl halides is 3. The van der Waals surface area contributed by atoms with E-state index in [2.05, 4.69) is 13.5 Å². The molecule has 0 aliphatic heterocycles. The zero-order valence-electron chi connectivity index (χ0n) is 14.2. The van der Waals surface area contributed by atoms with E-state index in [1.54, 1.807) is 6.07 Å². The molecule has 0 bridgehead atoms. The van der Waals surface area contributed by atoms with Crippen molar-refractivity contribution in [2.75, 3.05) is 0 Å². The quantitative estimate of drug-likeness (QED) is 0.543. The summed E-state index contributed by atoms with van der Waals surface area (Å²) in [6.07, 6.45) is -2.32. The molecule has 0 heterocycles. The van der Waals surface area contributed by atoms with Crippen molar-refractivity contribution in [2.24, 2.45) is 0 Å². The van der Waals surface area contributed by atoms with Crippen molar-refractivity contribution in [3.8, 4) is 11.1 Å². The topological polar surface area (TPSA) is 0 Å². The van der Waals surface area contributed by atoms with Crippen LogP contribution in [0.15, 0.2) is 49.0 Å². The molecule has 0 spiro atoms. The van der Waals surface area contributed by atoms with Gasteiger partial charge in [0.05, 0.1) is 6.42 Å². The van der Waals surface area contributed by atoms with E-state index < -0.39 is 12.6 Å². The highest BCUT2D eigenvalue weighted by atomic mass is 19.4. The smallest absolute Gasteiger partial charge is 0.171 e. The first-order valence-corrected chi connectivity index (χ1v) is 8.25. The number of allylic oxidation sites excluding steroid dienone is 1. The lowest BCUT2D eigenvalue weighted by atomic mass is 9.90. The fourth-order valence-electron chi connectivity index (χ4n) is 2.90. The minimum absolute atomic E-state index is 0.338. The molecule has 0 aliphatic rings. The maximum absolute atomic E-state index is 13.1. The average molecular weight is 332 g/mol. The zero-order valence-corrected chi connectivity index (χ0v) is 14.2. The summed E-state index contributed by atoms with van der Waals surface area (Å²) in [5.41, 5.74) is 4.50. The highest BCUT2D eigenvalue weighted by Crippen LogP contribution is 2.34. The fraction of sp³-hybridized carbons (Fsp3) is 0.333. The van der Waals surface area contributed by atoms with Gasteiger partial charge in [-0.05, 0) is 47.6 Å². The zero-order chi connectivity index (χ0) is 17.7. The van der Waals surface area contributed by atoms with E-state index in [1.807, 2.05) is 43.3 Å². The third kappa shape index (κ3) is 4.73. The Morgan fingerprint density at radius 2 is 1.75 bits per heavy atom. The van der Waals surface area contributed by atoms with Crippen molar-refractivity contribution < 1.29 is 13.2 Å². The summed E-state index contributed by atoms with van der Waals surface area (Å²) in [6, 6.07) is 13.0. The van der Waals surface area contributed by atoms with Gasteiger partial charge in [0.15, 0.2) is 0 Å². The van der Waals surface area contributed by atoms with E-state index in [1.165, 1.54) is 0 Å². The van der Waals surface area contributed by atoms with Gasteiger partial charge in [-0.1, -0.05) is 68.0 Å². The van der Waals surface area contributed by atoms with Crippen LogP contribution >= 0.6 is 0 Å². The Bertz CT molecular complexity index is 711. The van der Waals surface area contributed by atoms with Gasteiger partial charge in [-0.15, -0.1) is 0 Å². The van der Waals surface area contributed by atoms with Crippen LogP contribution in [-0.4, -0.2) is 6.18 Å². The molecular weight excluding hydrogens is 309 g/mol. The maximum Gasteiger partial charge on any atom is 0.393 e. The second kappa shape index (κ2) is 7.69. The lowest BCUT2D eigenvalue weighted by Gasteiger charge is -2.17. The van der Waals surface area contributed by atoms with Crippen LogP contribution in [0.4, 0.5) is 13.2 Å². The van der Waals surface area contributed by atoms with Crippen molar-refractivity contribution in [3.05, 3.63) is 65.7 Å². The van der Waals surface area contributed by atoms with E-state index >= 15 is 0 Å². The number of unbranched alkanes of at least 4 members (excludes halogenated alkanes) is 1. The summed E-state index contributed by atoms with van der Waals surface area (Å²) in [7, 11) is 0. The molecule has 0 unspecified atom stereocenters. The first-order chi connectivity index (χ1) is 11.3. The van der Waals surface area contributed by atoms with E-state index in [0.29, 0.717) is 11.1 Å². The summed E-state index contributed by atoms with van der Waals surface area (Å²) >= 11 is 0. The fourth-order valence-corrected chi connectivity index (χ4v) is 2.90. The van der Waals surface area contributed by atoms with Crippen molar-refractivity contribution >= 4 is 5.57 Å². The number of rotatable bonds is 6. The van der Waals surface area contributed by atoms with Gasteiger partial charge in [-0.25, -0.2) is 0 Å². The number of halogens is 3. The van der Waals surface area contributed by atoms with Gasteiger partial charge in [0, 0.05) is 0 Å². The number of aryl methyl sites for hydroxylation is 1. The second-order valence-corrected chi connectivity index (χ2v) is 6.21. The molecule has 0 saturated heterocycles. The summed E-state index contributed by atoms with van der Waals surface area (Å²) in [5, 5.41) is 0. The van der Waals surface area contributed by atoms with Gasteiger partial charge in [0.2, 0.25) is 0 Å². The first-order valence-electron chi connectivity index (χ1n) is 8.25. The molecule has 24 heavy (non-hydrogen) atoms. The third-order valence-corrected chi connectivity index (χ3v) is 4.06. The minimum Gasteiger partial charge on any atom is -0.171 e. The van der Waals surface area contributed by atoms with Crippen LogP contribution in [0.2, 0.25) is 0 Å². The highest BCUT2D eigenvalue weighted by molar-refractivity contribution is 5.81. The largest absolute Gasteiger partial charge is 0.393 e. The lowest BCUT2D eigenvalue weighted by molar-refractivity contribution is -0.127. The molecule has 0 radical (unpaired) electrons. The minimum atomic E-state index is -4.23. The summed E-state index contributed by atoms with van der Waals surface area (Å²) in [6.45, 7) is 7.90. The molecule has 3 heteroatoms. The third-order valence-electron chi connectivity index (χ3n) is 4.06. The Morgan fingerprint density at radius 3 is 2.38 bits per heavy atom. The average Bonchev–Trinajstić information content (AvgIpc) is 2.51. The van der Waals surface area contributed by atoms with E-state index in [9.17, 15) is 13.2 Å². The molecular formula is C21H23F3. The molecule has 0 aliphatic carbocycles. The molecule has 0 amide bonds. The van der Waals surface area contributed by atoms with Crippen LogP contribution in [0, 0.1) is 0 Å². The second-order valence-electron chi connectivity index (χ2n) is 6.21. The Hall–Kier alpha value is -2.03. The molecule has 0 aromatic heterocycles. The Balaban J connectivity index is 2.54. The van der Waals surface area contributed by atoms with Crippen molar-refractivity contribution in [2.45, 2.75) is 45.7 Å². The monoisotopic (exact) mass is 332 g/mol. The SMILES string of the molecule is C=C(C)c1ccccc1-c1ccc(CCCC)cc1CC(F)(F)F. The molecule has 0 nitrogen and oxygen atoms in total. The number of hydrogen-bond acceptors (Lipinski definition) is 0. The van der Waals surface area contributed by atoms with E-state index in [-0.39, 0.29) is 0 Å². The Morgan fingerprint density at radius 1 is 1.04 bits per heavy atom. The van der Waals surface area contributed by atoms with Crippen LogP contribution in [0.5, 0.6) is 0 Å². The van der Waals surface area contributed by atoms with Crippen LogP contribution in [-0.2, 0) is 12.8 Å². The number of hydrogen-bond donors (Lipinski definition) is 0. The van der Waals surface area contributed by atoms with Gasteiger partial charge in [-0.2, -0.15) is 13.2 Å². The van der Waals surface area contributed by atoms with Crippen LogP contribution in [0.1, 0.15) is 43.4 Å². The first kappa shape index (κ1) is 18.3. The van der Waals surface area contributed by atoms with Crippen molar-refractivity contribution in [3.63, 3.8) is 0 Å². The normalized spacial score (nSPS) is 11.5. The molecule has 0 atom stereocenters. The van der Waals surface area contributed by atoms with Crippen molar-refractivity contribution in [1.82, 2.24) is 0 Å². The maximum atomic E-state index is 13.1. The predicted octanol–water partition coefficient (Wildman–Crippen LogP) is 6.83. The van der Waals surface area contributed by atoms with Crippen molar-refractivity contribution in [1.29, 1.82) is 0 Å². The molecule has 0 saturated carbocycles. The van der Waals surface area contributed by atoms with Gasteiger partial charge >= 0.3 is 6.18 Å². The van der Waals surface area contributed by atoms with E-state index in [4.69, 9.17) is 0 Å². The van der Waals surface area contributed by atoms with Gasteiger partial charge in [-0.3, -0.25) is 0 Å². The predicted molar refractivity (Wildman–Crippen MR) is 95.0 cm³/mol. The standard InChI is InChI=1S/C21H23F3/c1-4-5-8-16-11-12-19(17(13-16)14-21(22,23)24)20-10-7-6-9-18(20)15(2)3/h6-7,9-13H,2,4-5,8,14H2,1,3H3. The summed E-state index contributed by atoms with van der Waals surface area (Å²) in [4.78, 5) is 0. The van der Waals surface area contributed by atoms with Crippen LogP contribution in [0.3, 0.4) is 0 Å².